The van der Waals surface area contributed by atoms with Crippen molar-refractivity contribution in [1.29, 1.82) is 0 Å². The van der Waals surface area contributed by atoms with Gasteiger partial charge in [-0.3, -0.25) is 4.79 Å². The molecule has 0 saturated heterocycles. The van der Waals surface area contributed by atoms with Gasteiger partial charge in [-0.2, -0.15) is 0 Å². The molecule has 2 aromatic rings. The van der Waals surface area contributed by atoms with E-state index in [2.05, 4.69) is 28.9 Å². The van der Waals surface area contributed by atoms with Gasteiger partial charge in [0.05, 0.1) is 0 Å². The number of carbonyl (C=O) groups excluding carboxylic acids is 1. The Morgan fingerprint density at radius 1 is 1.26 bits per heavy atom. The van der Waals surface area contributed by atoms with Crippen LogP contribution < -0.4 is 4.90 Å². The third kappa shape index (κ3) is 2.16. The Balaban J connectivity index is 1.99. The van der Waals surface area contributed by atoms with Gasteiger partial charge in [0, 0.05) is 24.0 Å². The summed E-state index contributed by atoms with van der Waals surface area (Å²) in [5, 5.41) is 0.912. The number of Topliss-reactive ketones (excluding diaryl/α,β-unsaturated/α-hetero) is 1. The van der Waals surface area contributed by atoms with E-state index in [1.807, 2.05) is 19.2 Å². The quantitative estimate of drug-likeness (QED) is 0.835. The van der Waals surface area contributed by atoms with Crippen molar-refractivity contribution in [2.24, 2.45) is 0 Å². The van der Waals surface area contributed by atoms with Crippen molar-refractivity contribution in [1.82, 2.24) is 4.98 Å². The maximum absolute atomic E-state index is 11.9. The lowest BCUT2D eigenvalue weighted by Crippen LogP contribution is -2.12. The number of nitrogens with zero attached hydrogens (tertiary/aromatic N) is 2. The van der Waals surface area contributed by atoms with Gasteiger partial charge in [0.1, 0.15) is 5.69 Å². The minimum atomic E-state index is 0.196. The Hall–Kier alpha value is -1.68. The topological polar surface area (TPSA) is 33.2 Å². The fourth-order valence-electron chi connectivity index (χ4n) is 2.44. The van der Waals surface area contributed by atoms with Crippen molar-refractivity contribution in [3.8, 4) is 0 Å². The molecule has 1 aliphatic rings. The Labute approximate surface area is 116 Å². The van der Waals surface area contributed by atoms with Gasteiger partial charge in [-0.1, -0.05) is 18.2 Å². The van der Waals surface area contributed by atoms with Crippen LogP contribution in [0.5, 0.6) is 0 Å². The second kappa shape index (κ2) is 4.78. The number of rotatable bonds is 2. The van der Waals surface area contributed by atoms with E-state index in [1.54, 1.807) is 11.3 Å². The number of hydrogen-bond acceptors (Lipinski definition) is 4. The Bertz CT molecular complexity index is 633. The zero-order chi connectivity index (χ0) is 13.4. The van der Waals surface area contributed by atoms with Crippen LogP contribution >= 0.6 is 11.3 Å². The molecule has 0 spiro atoms. The maximum atomic E-state index is 11.9. The lowest BCUT2D eigenvalue weighted by atomic mass is 10.0. The van der Waals surface area contributed by atoms with Crippen LogP contribution in [0.15, 0.2) is 24.3 Å². The predicted octanol–water partition coefficient (Wildman–Crippen LogP) is 3.74. The summed E-state index contributed by atoms with van der Waals surface area (Å²) in [7, 11) is 2.01. The van der Waals surface area contributed by atoms with Crippen molar-refractivity contribution in [2.75, 3.05) is 11.9 Å². The van der Waals surface area contributed by atoms with Gasteiger partial charge in [-0.05, 0) is 31.4 Å². The Kier molecular flexibility index (Phi) is 3.11. The Morgan fingerprint density at radius 3 is 2.79 bits per heavy atom. The number of fused-ring (bicyclic) bond motifs is 1. The van der Waals surface area contributed by atoms with Crippen LogP contribution in [0.2, 0.25) is 0 Å². The summed E-state index contributed by atoms with van der Waals surface area (Å²) < 4.78 is 0. The number of carbonyl (C=O) groups is 1. The van der Waals surface area contributed by atoms with Crippen molar-refractivity contribution < 1.29 is 4.79 Å². The summed E-state index contributed by atoms with van der Waals surface area (Å²) in [6.45, 7) is 2.09. The van der Waals surface area contributed by atoms with E-state index in [1.165, 1.54) is 5.56 Å². The van der Waals surface area contributed by atoms with Gasteiger partial charge in [0.15, 0.2) is 10.9 Å². The predicted molar refractivity (Wildman–Crippen MR) is 78.6 cm³/mol. The number of para-hydroxylation sites is 1. The van der Waals surface area contributed by atoms with Crippen molar-refractivity contribution >= 4 is 27.9 Å². The molecule has 1 aromatic heterocycles. The number of ketones is 1. The molecule has 1 aliphatic carbocycles. The van der Waals surface area contributed by atoms with Crippen molar-refractivity contribution in [3.05, 3.63) is 40.4 Å². The molecule has 19 heavy (non-hydrogen) atoms. The normalized spacial score (nSPS) is 14.3. The van der Waals surface area contributed by atoms with Crippen LogP contribution in [0.25, 0.3) is 0 Å². The second-order valence-electron chi connectivity index (χ2n) is 4.89. The highest BCUT2D eigenvalue weighted by atomic mass is 32.1. The first-order chi connectivity index (χ1) is 9.16. The number of aryl methyl sites for hydroxylation is 2. The molecule has 0 bridgehead atoms. The number of anilines is 2. The van der Waals surface area contributed by atoms with Crippen LogP contribution in [-0.4, -0.2) is 17.8 Å². The molecule has 3 rings (SSSR count). The van der Waals surface area contributed by atoms with Crippen molar-refractivity contribution in [3.63, 3.8) is 0 Å². The first kappa shape index (κ1) is 12.4. The molecule has 4 heteroatoms. The molecule has 0 aliphatic heterocycles. The van der Waals surface area contributed by atoms with Crippen LogP contribution in [0.3, 0.4) is 0 Å². The molecule has 0 amide bonds. The van der Waals surface area contributed by atoms with E-state index in [9.17, 15) is 4.79 Å². The van der Waals surface area contributed by atoms with Gasteiger partial charge < -0.3 is 4.90 Å². The number of aromatic nitrogens is 1. The second-order valence-corrected chi connectivity index (χ2v) is 5.95. The third-order valence-electron chi connectivity index (χ3n) is 3.52. The first-order valence-corrected chi connectivity index (χ1v) is 7.30. The van der Waals surface area contributed by atoms with Gasteiger partial charge in [-0.25, -0.2) is 4.98 Å². The first-order valence-electron chi connectivity index (χ1n) is 6.49. The minimum absolute atomic E-state index is 0.196. The number of hydrogen-bond donors (Lipinski definition) is 0. The summed E-state index contributed by atoms with van der Waals surface area (Å²) in [5.41, 5.74) is 3.05. The zero-order valence-electron chi connectivity index (χ0n) is 11.1. The minimum Gasteiger partial charge on any atom is -0.321 e. The molecule has 0 fully saturated rings. The van der Waals surface area contributed by atoms with Gasteiger partial charge in [0.2, 0.25) is 0 Å². The molecule has 3 nitrogen and oxygen atoms in total. The van der Waals surface area contributed by atoms with Gasteiger partial charge in [-0.15, -0.1) is 11.3 Å². The van der Waals surface area contributed by atoms with Crippen LogP contribution in [0, 0.1) is 6.92 Å². The fraction of sp³-hybridized carbons (Fsp3) is 0.333. The summed E-state index contributed by atoms with van der Waals surface area (Å²) in [6, 6.07) is 8.22. The molecule has 1 heterocycles. The van der Waals surface area contributed by atoms with E-state index < -0.39 is 0 Å². The molecule has 98 valence electrons. The molecule has 0 atom stereocenters. The van der Waals surface area contributed by atoms with E-state index in [0.29, 0.717) is 12.1 Å². The molecule has 0 saturated carbocycles. The zero-order valence-corrected chi connectivity index (χ0v) is 12.0. The lowest BCUT2D eigenvalue weighted by Gasteiger charge is -2.17. The lowest BCUT2D eigenvalue weighted by molar-refractivity contribution is 0.0968. The standard InChI is InChI=1S/C15H16N2OS/c1-10-6-3-4-7-11(10)17(2)15-16-14-12(18)8-5-9-13(14)19-15/h3-4,6-7H,5,8-9H2,1-2H3. The van der Waals surface area contributed by atoms with Crippen LogP contribution in [-0.2, 0) is 6.42 Å². The summed E-state index contributed by atoms with van der Waals surface area (Å²) in [6.07, 6.45) is 2.59. The molecule has 0 radical (unpaired) electrons. The number of thiazole rings is 1. The van der Waals surface area contributed by atoms with E-state index >= 15 is 0 Å². The highest BCUT2D eigenvalue weighted by Crippen LogP contribution is 2.35. The summed E-state index contributed by atoms with van der Waals surface area (Å²) in [4.78, 5) is 19.6. The van der Waals surface area contributed by atoms with Gasteiger partial charge in [0.25, 0.3) is 0 Å². The average Bonchev–Trinajstić information content (AvgIpc) is 2.84. The largest absolute Gasteiger partial charge is 0.321 e. The smallest absolute Gasteiger partial charge is 0.190 e. The van der Waals surface area contributed by atoms with Gasteiger partial charge >= 0.3 is 0 Å². The third-order valence-corrected chi connectivity index (χ3v) is 4.71. The average molecular weight is 272 g/mol. The maximum Gasteiger partial charge on any atom is 0.190 e. The highest BCUT2D eigenvalue weighted by molar-refractivity contribution is 7.16. The monoisotopic (exact) mass is 272 g/mol. The SMILES string of the molecule is Cc1ccccc1N(C)c1nc2c(s1)CCCC2=O. The molecular formula is C15H16N2OS. The van der Waals surface area contributed by atoms with Crippen molar-refractivity contribution in [2.45, 2.75) is 26.2 Å². The highest BCUT2D eigenvalue weighted by Gasteiger charge is 2.23. The molecule has 0 unspecified atom stereocenters. The molecular weight excluding hydrogens is 256 g/mol. The number of benzene rings is 1. The summed E-state index contributed by atoms with van der Waals surface area (Å²) in [5.74, 6) is 0.196. The fourth-order valence-corrected chi connectivity index (χ4v) is 3.54. The van der Waals surface area contributed by atoms with E-state index in [-0.39, 0.29) is 5.78 Å². The molecule has 1 aromatic carbocycles. The van der Waals surface area contributed by atoms with Crippen LogP contribution in [0.4, 0.5) is 10.8 Å². The summed E-state index contributed by atoms with van der Waals surface area (Å²) >= 11 is 1.64. The molecule has 0 N–H and O–H groups in total. The van der Waals surface area contributed by atoms with Crippen LogP contribution in [0.1, 0.15) is 33.8 Å². The van der Waals surface area contributed by atoms with E-state index in [0.717, 1.165) is 28.5 Å². The Morgan fingerprint density at radius 2 is 2.05 bits per heavy atom. The van der Waals surface area contributed by atoms with E-state index in [4.69, 9.17) is 0 Å².